The highest BCUT2D eigenvalue weighted by Crippen LogP contribution is 2.16. The van der Waals surface area contributed by atoms with Gasteiger partial charge in [-0.2, -0.15) is 0 Å². The van der Waals surface area contributed by atoms with Crippen LogP contribution >= 0.6 is 15.9 Å². The van der Waals surface area contributed by atoms with Gasteiger partial charge in [0, 0.05) is 29.8 Å². The van der Waals surface area contributed by atoms with Gasteiger partial charge in [0.2, 0.25) is 0 Å². The number of halogens is 1. The molecule has 4 heteroatoms. The maximum Gasteiger partial charge on any atom is 0.130 e. The summed E-state index contributed by atoms with van der Waals surface area (Å²) in [5, 5.41) is 6.12. The van der Waals surface area contributed by atoms with Crippen LogP contribution in [0.4, 0.5) is 5.82 Å². The second-order valence-electron chi connectivity index (χ2n) is 2.44. The normalized spacial score (nSPS) is 9.92. The molecule has 3 nitrogen and oxygen atoms in total. The van der Waals surface area contributed by atoms with Crippen molar-refractivity contribution in [3.8, 4) is 0 Å². The zero-order valence-electron chi connectivity index (χ0n) is 7.19. The number of pyridine rings is 1. The zero-order chi connectivity index (χ0) is 8.97. The third-order valence-corrected chi connectivity index (χ3v) is 1.97. The lowest BCUT2D eigenvalue weighted by Gasteiger charge is -2.07. The summed E-state index contributed by atoms with van der Waals surface area (Å²) >= 11 is 3.38. The van der Waals surface area contributed by atoms with E-state index in [1.807, 2.05) is 14.1 Å². The van der Waals surface area contributed by atoms with Gasteiger partial charge >= 0.3 is 0 Å². The fourth-order valence-corrected chi connectivity index (χ4v) is 1.41. The number of aromatic nitrogens is 1. The first kappa shape index (κ1) is 9.48. The van der Waals surface area contributed by atoms with Crippen molar-refractivity contribution in [1.29, 1.82) is 0 Å². The smallest absolute Gasteiger partial charge is 0.130 e. The maximum absolute atomic E-state index is 4.22. The average Bonchev–Trinajstić information content (AvgIpc) is 2.05. The molecule has 0 unspecified atom stereocenters. The predicted octanol–water partition coefficient (Wildman–Crippen LogP) is 1.61. The molecule has 0 saturated heterocycles. The van der Waals surface area contributed by atoms with Gasteiger partial charge in [0.05, 0.1) is 0 Å². The van der Waals surface area contributed by atoms with E-state index in [1.165, 1.54) is 0 Å². The van der Waals surface area contributed by atoms with Gasteiger partial charge in [-0.05, 0) is 29.0 Å². The molecule has 0 bridgehead atoms. The van der Waals surface area contributed by atoms with E-state index in [4.69, 9.17) is 0 Å². The second kappa shape index (κ2) is 4.42. The highest BCUT2D eigenvalue weighted by Gasteiger charge is 2.00. The Hall–Kier alpha value is -0.610. The Morgan fingerprint density at radius 3 is 2.83 bits per heavy atom. The van der Waals surface area contributed by atoms with Crippen molar-refractivity contribution in [3.05, 3.63) is 22.3 Å². The average molecular weight is 230 g/mol. The summed E-state index contributed by atoms with van der Waals surface area (Å²) in [6.45, 7) is 0.822. The monoisotopic (exact) mass is 229 g/mol. The van der Waals surface area contributed by atoms with Gasteiger partial charge in [0.15, 0.2) is 0 Å². The molecule has 12 heavy (non-hydrogen) atoms. The first-order chi connectivity index (χ1) is 5.77. The quantitative estimate of drug-likeness (QED) is 0.828. The number of hydrogen-bond acceptors (Lipinski definition) is 3. The van der Waals surface area contributed by atoms with Crippen LogP contribution in [0.1, 0.15) is 5.56 Å². The molecule has 1 heterocycles. The van der Waals surface area contributed by atoms with E-state index >= 15 is 0 Å². The highest BCUT2D eigenvalue weighted by molar-refractivity contribution is 9.10. The maximum atomic E-state index is 4.22. The van der Waals surface area contributed by atoms with Crippen LogP contribution in [-0.4, -0.2) is 19.1 Å². The molecule has 2 N–H and O–H groups in total. The zero-order valence-corrected chi connectivity index (χ0v) is 8.77. The topological polar surface area (TPSA) is 37.0 Å². The third-order valence-electron chi connectivity index (χ3n) is 1.54. The van der Waals surface area contributed by atoms with Crippen LogP contribution in [0.15, 0.2) is 16.7 Å². The highest BCUT2D eigenvalue weighted by atomic mass is 79.9. The summed E-state index contributed by atoms with van der Waals surface area (Å²) in [4.78, 5) is 4.22. The largest absolute Gasteiger partial charge is 0.373 e. The van der Waals surface area contributed by atoms with Crippen LogP contribution in [0, 0.1) is 0 Å². The molecule has 0 aliphatic rings. The minimum Gasteiger partial charge on any atom is -0.373 e. The van der Waals surface area contributed by atoms with Gasteiger partial charge in [-0.1, -0.05) is 0 Å². The summed E-state index contributed by atoms with van der Waals surface area (Å²) in [6.07, 6.45) is 1.78. The molecular formula is C8H12BrN3. The Labute approximate surface area is 80.7 Å². The van der Waals surface area contributed by atoms with Gasteiger partial charge in [-0.15, -0.1) is 0 Å². The summed E-state index contributed by atoms with van der Waals surface area (Å²) in [5.74, 6) is 0.924. The van der Waals surface area contributed by atoms with Gasteiger partial charge < -0.3 is 10.6 Å². The molecule has 0 atom stereocenters. The third kappa shape index (κ3) is 2.19. The fourth-order valence-electron chi connectivity index (χ4n) is 1.03. The van der Waals surface area contributed by atoms with Crippen molar-refractivity contribution in [2.24, 2.45) is 0 Å². The number of anilines is 1. The summed E-state index contributed by atoms with van der Waals surface area (Å²) in [5.41, 5.74) is 1.16. The second-order valence-corrected chi connectivity index (χ2v) is 3.36. The van der Waals surface area contributed by atoms with Crippen molar-refractivity contribution in [3.63, 3.8) is 0 Å². The van der Waals surface area contributed by atoms with Crippen LogP contribution in [0.5, 0.6) is 0 Å². The lowest BCUT2D eigenvalue weighted by atomic mass is 10.2. The SMILES string of the molecule is CNCc1cc(Br)cnc1NC. The molecule has 0 aliphatic heterocycles. The number of hydrogen-bond donors (Lipinski definition) is 2. The molecule has 66 valence electrons. The van der Waals surface area contributed by atoms with E-state index in [1.54, 1.807) is 6.20 Å². The molecule has 0 aromatic carbocycles. The lowest BCUT2D eigenvalue weighted by Crippen LogP contribution is -2.08. The van der Waals surface area contributed by atoms with E-state index < -0.39 is 0 Å². The molecule has 0 saturated carbocycles. The molecule has 0 aliphatic carbocycles. The Morgan fingerprint density at radius 2 is 2.25 bits per heavy atom. The fraction of sp³-hybridized carbons (Fsp3) is 0.375. The van der Waals surface area contributed by atoms with E-state index in [9.17, 15) is 0 Å². The van der Waals surface area contributed by atoms with Crippen molar-refractivity contribution >= 4 is 21.7 Å². The van der Waals surface area contributed by atoms with E-state index in [2.05, 4.69) is 37.6 Å². The molecule has 0 amide bonds. The van der Waals surface area contributed by atoms with Crippen LogP contribution in [0.25, 0.3) is 0 Å². The van der Waals surface area contributed by atoms with Gasteiger partial charge in [-0.3, -0.25) is 0 Å². The number of nitrogens with one attached hydrogen (secondary N) is 2. The summed E-state index contributed by atoms with van der Waals surface area (Å²) < 4.78 is 1.01. The van der Waals surface area contributed by atoms with Gasteiger partial charge in [0.25, 0.3) is 0 Å². The first-order valence-corrected chi connectivity index (χ1v) is 4.54. The van der Waals surface area contributed by atoms with E-state index in [0.717, 1.165) is 22.4 Å². The molecular weight excluding hydrogens is 218 g/mol. The molecule has 0 fully saturated rings. The molecule has 1 aromatic rings. The molecule has 0 radical (unpaired) electrons. The predicted molar refractivity (Wildman–Crippen MR) is 54.2 cm³/mol. The summed E-state index contributed by atoms with van der Waals surface area (Å²) in [6, 6.07) is 2.05. The Bertz CT molecular complexity index is 262. The Morgan fingerprint density at radius 1 is 1.50 bits per heavy atom. The molecule has 0 spiro atoms. The van der Waals surface area contributed by atoms with Crippen LogP contribution < -0.4 is 10.6 Å². The van der Waals surface area contributed by atoms with Crippen molar-refractivity contribution in [2.75, 3.05) is 19.4 Å². The molecule has 1 rings (SSSR count). The van der Waals surface area contributed by atoms with Crippen LogP contribution in [0.2, 0.25) is 0 Å². The number of rotatable bonds is 3. The van der Waals surface area contributed by atoms with Crippen molar-refractivity contribution in [1.82, 2.24) is 10.3 Å². The molecule has 1 aromatic heterocycles. The summed E-state index contributed by atoms with van der Waals surface area (Å²) in [7, 11) is 3.79. The standard InChI is InChI=1S/C8H12BrN3/c1-10-4-6-3-7(9)5-12-8(6)11-2/h3,5,10H,4H2,1-2H3,(H,11,12). The Balaban J connectivity index is 2.95. The van der Waals surface area contributed by atoms with Crippen LogP contribution in [-0.2, 0) is 6.54 Å². The van der Waals surface area contributed by atoms with Gasteiger partial charge in [-0.25, -0.2) is 4.98 Å². The van der Waals surface area contributed by atoms with Crippen molar-refractivity contribution < 1.29 is 0 Å². The van der Waals surface area contributed by atoms with Crippen LogP contribution in [0.3, 0.4) is 0 Å². The Kier molecular flexibility index (Phi) is 3.49. The van der Waals surface area contributed by atoms with E-state index in [0.29, 0.717) is 0 Å². The lowest BCUT2D eigenvalue weighted by molar-refractivity contribution is 0.814. The minimum absolute atomic E-state index is 0.822. The van der Waals surface area contributed by atoms with Gasteiger partial charge in [0.1, 0.15) is 5.82 Å². The first-order valence-electron chi connectivity index (χ1n) is 3.74. The van der Waals surface area contributed by atoms with Crippen molar-refractivity contribution in [2.45, 2.75) is 6.54 Å². The minimum atomic E-state index is 0.822. The van der Waals surface area contributed by atoms with E-state index in [-0.39, 0.29) is 0 Å². The number of nitrogens with zero attached hydrogens (tertiary/aromatic N) is 1.